The first-order chi connectivity index (χ1) is 15.6. The molecule has 1 aromatic heterocycles. The molecule has 1 amide bonds. The number of anilines is 2. The summed E-state index contributed by atoms with van der Waals surface area (Å²) in [6.45, 7) is 2.01. The highest BCUT2D eigenvalue weighted by atomic mass is 35.5. The molecule has 1 saturated heterocycles. The number of aromatic nitrogens is 2. The number of nitrogens with zero attached hydrogens (tertiary/aromatic N) is 4. The second-order valence-corrected chi connectivity index (χ2v) is 11.1. The standard InChI is InChI=1S/C24H28ClN5OS/c25-16-5-7-19(8-6-16)32-29-13-9-17(10-14-29)27-23-26-15-20-21(28-23)30(18-3-1-2-4-18)22(31)24(20)11-12-24/h5-8,15,17-18H,1-4,9-14H2,(H,26,27,28). The molecule has 8 heteroatoms. The first-order valence-corrected chi connectivity index (χ1v) is 12.9. The van der Waals surface area contributed by atoms with E-state index in [2.05, 4.69) is 26.7 Å². The zero-order chi connectivity index (χ0) is 21.7. The average molecular weight is 470 g/mol. The Morgan fingerprint density at radius 1 is 1.06 bits per heavy atom. The van der Waals surface area contributed by atoms with Crippen molar-refractivity contribution >= 4 is 41.2 Å². The van der Waals surface area contributed by atoms with Gasteiger partial charge < -0.3 is 5.32 Å². The number of carbonyl (C=O) groups is 1. The molecule has 1 N–H and O–H groups in total. The Bertz CT molecular complexity index is 1010. The number of rotatable bonds is 5. The molecule has 1 aromatic carbocycles. The fraction of sp³-hybridized carbons (Fsp3) is 0.542. The Morgan fingerprint density at radius 3 is 2.47 bits per heavy atom. The molecular formula is C24H28ClN5OS. The summed E-state index contributed by atoms with van der Waals surface area (Å²) in [4.78, 5) is 26.1. The number of nitrogens with one attached hydrogen (secondary N) is 1. The Hall–Kier alpha value is -1.83. The van der Waals surface area contributed by atoms with Crippen molar-refractivity contribution in [3.05, 3.63) is 41.0 Å². The maximum atomic E-state index is 13.3. The normalized spacial score (nSPS) is 23.2. The number of hydrogen-bond donors (Lipinski definition) is 1. The molecule has 2 aromatic rings. The van der Waals surface area contributed by atoms with E-state index in [0.29, 0.717) is 18.0 Å². The number of piperidine rings is 1. The SMILES string of the molecule is O=C1N(C2CCCC2)c2nc(NC3CCN(Sc4ccc(Cl)cc4)CC3)ncc2C12CC2. The second-order valence-electron chi connectivity index (χ2n) is 9.52. The Labute approximate surface area is 198 Å². The van der Waals surface area contributed by atoms with Gasteiger partial charge in [-0.15, -0.1) is 0 Å². The van der Waals surface area contributed by atoms with Crippen molar-refractivity contribution in [1.29, 1.82) is 0 Å². The molecule has 1 spiro atoms. The summed E-state index contributed by atoms with van der Waals surface area (Å²) in [5, 5.41) is 4.33. The predicted molar refractivity (Wildman–Crippen MR) is 128 cm³/mol. The van der Waals surface area contributed by atoms with E-state index in [1.54, 1.807) is 11.9 Å². The molecule has 2 aliphatic heterocycles. The Kier molecular flexibility index (Phi) is 5.31. The summed E-state index contributed by atoms with van der Waals surface area (Å²) >= 11 is 7.78. The summed E-state index contributed by atoms with van der Waals surface area (Å²) in [7, 11) is 0. The molecule has 2 saturated carbocycles. The minimum absolute atomic E-state index is 0.276. The highest BCUT2D eigenvalue weighted by Crippen LogP contribution is 2.57. The maximum Gasteiger partial charge on any atom is 0.239 e. The highest BCUT2D eigenvalue weighted by molar-refractivity contribution is 7.97. The first-order valence-electron chi connectivity index (χ1n) is 11.8. The summed E-state index contributed by atoms with van der Waals surface area (Å²) in [5.41, 5.74) is 0.759. The molecule has 0 atom stereocenters. The van der Waals surface area contributed by atoms with E-state index in [-0.39, 0.29) is 11.3 Å². The number of fused-ring (bicyclic) bond motifs is 2. The lowest BCUT2D eigenvalue weighted by Crippen LogP contribution is -2.39. The maximum absolute atomic E-state index is 13.3. The van der Waals surface area contributed by atoms with E-state index in [1.807, 2.05) is 23.2 Å². The van der Waals surface area contributed by atoms with Crippen molar-refractivity contribution in [2.75, 3.05) is 23.3 Å². The summed E-state index contributed by atoms with van der Waals surface area (Å²) in [5.74, 6) is 1.83. The molecule has 6 rings (SSSR count). The van der Waals surface area contributed by atoms with Crippen LogP contribution in [0.5, 0.6) is 0 Å². The van der Waals surface area contributed by atoms with Crippen molar-refractivity contribution in [2.24, 2.45) is 0 Å². The molecule has 168 valence electrons. The van der Waals surface area contributed by atoms with Crippen LogP contribution in [0.4, 0.5) is 11.8 Å². The van der Waals surface area contributed by atoms with Gasteiger partial charge in [-0.05, 0) is 74.7 Å². The van der Waals surface area contributed by atoms with Gasteiger partial charge in [0.1, 0.15) is 5.82 Å². The average Bonchev–Trinajstić information content (AvgIpc) is 3.37. The van der Waals surface area contributed by atoms with Crippen LogP contribution in [0.2, 0.25) is 5.02 Å². The molecule has 2 aliphatic carbocycles. The first kappa shape index (κ1) is 20.8. The van der Waals surface area contributed by atoms with Gasteiger partial charge in [0.15, 0.2) is 0 Å². The Balaban J connectivity index is 1.12. The smallest absolute Gasteiger partial charge is 0.239 e. The molecule has 0 bridgehead atoms. The van der Waals surface area contributed by atoms with E-state index in [0.717, 1.165) is 68.0 Å². The predicted octanol–water partition coefficient (Wildman–Crippen LogP) is 5.03. The van der Waals surface area contributed by atoms with Gasteiger partial charge in [0.05, 0.1) is 5.41 Å². The molecule has 3 heterocycles. The molecule has 3 fully saturated rings. The van der Waals surface area contributed by atoms with Gasteiger partial charge in [0.25, 0.3) is 0 Å². The van der Waals surface area contributed by atoms with Gasteiger partial charge in [0.2, 0.25) is 11.9 Å². The van der Waals surface area contributed by atoms with Crippen LogP contribution in [0.3, 0.4) is 0 Å². The lowest BCUT2D eigenvalue weighted by molar-refractivity contribution is -0.120. The van der Waals surface area contributed by atoms with Crippen LogP contribution in [-0.2, 0) is 10.2 Å². The lowest BCUT2D eigenvalue weighted by atomic mass is 10.0. The minimum atomic E-state index is -0.305. The van der Waals surface area contributed by atoms with E-state index in [1.165, 1.54) is 17.7 Å². The molecule has 32 heavy (non-hydrogen) atoms. The monoisotopic (exact) mass is 469 g/mol. The lowest BCUT2D eigenvalue weighted by Gasteiger charge is -2.31. The van der Waals surface area contributed by atoms with Gasteiger partial charge in [-0.1, -0.05) is 24.4 Å². The van der Waals surface area contributed by atoms with Crippen molar-refractivity contribution in [3.8, 4) is 0 Å². The van der Waals surface area contributed by atoms with Crippen LogP contribution in [-0.4, -0.2) is 45.4 Å². The van der Waals surface area contributed by atoms with Crippen LogP contribution in [0.1, 0.15) is 56.9 Å². The zero-order valence-corrected chi connectivity index (χ0v) is 19.7. The van der Waals surface area contributed by atoms with E-state index >= 15 is 0 Å². The van der Waals surface area contributed by atoms with Gasteiger partial charge in [-0.25, -0.2) is 9.29 Å². The number of benzene rings is 1. The Morgan fingerprint density at radius 2 is 1.78 bits per heavy atom. The molecule has 6 nitrogen and oxygen atoms in total. The number of carbonyl (C=O) groups excluding carboxylic acids is 1. The summed E-state index contributed by atoms with van der Waals surface area (Å²) < 4.78 is 2.41. The van der Waals surface area contributed by atoms with Crippen molar-refractivity contribution in [3.63, 3.8) is 0 Å². The van der Waals surface area contributed by atoms with Crippen molar-refractivity contribution in [2.45, 2.75) is 73.8 Å². The van der Waals surface area contributed by atoms with Gasteiger partial charge >= 0.3 is 0 Å². The van der Waals surface area contributed by atoms with Crippen LogP contribution < -0.4 is 10.2 Å². The van der Waals surface area contributed by atoms with E-state index in [4.69, 9.17) is 16.6 Å². The third kappa shape index (κ3) is 3.68. The second kappa shape index (κ2) is 8.19. The van der Waals surface area contributed by atoms with Gasteiger partial charge in [0, 0.05) is 46.9 Å². The third-order valence-corrected chi connectivity index (χ3v) is 8.77. The van der Waals surface area contributed by atoms with Crippen molar-refractivity contribution in [1.82, 2.24) is 14.3 Å². The number of amides is 1. The number of hydrogen-bond acceptors (Lipinski definition) is 6. The van der Waals surface area contributed by atoms with Crippen LogP contribution in [0.25, 0.3) is 0 Å². The quantitative estimate of drug-likeness (QED) is 0.619. The third-order valence-electron chi connectivity index (χ3n) is 7.42. The summed E-state index contributed by atoms with van der Waals surface area (Å²) in [6.07, 6.45) is 10.5. The van der Waals surface area contributed by atoms with Crippen molar-refractivity contribution < 1.29 is 4.79 Å². The largest absolute Gasteiger partial charge is 0.351 e. The number of halogens is 1. The fourth-order valence-corrected chi connectivity index (χ4v) is 6.51. The van der Waals surface area contributed by atoms with Crippen LogP contribution in [0.15, 0.2) is 35.4 Å². The van der Waals surface area contributed by atoms with Crippen LogP contribution in [0, 0.1) is 0 Å². The zero-order valence-electron chi connectivity index (χ0n) is 18.1. The van der Waals surface area contributed by atoms with E-state index < -0.39 is 0 Å². The fourth-order valence-electron chi connectivity index (χ4n) is 5.43. The van der Waals surface area contributed by atoms with E-state index in [9.17, 15) is 4.79 Å². The van der Waals surface area contributed by atoms with Crippen LogP contribution >= 0.6 is 23.5 Å². The summed E-state index contributed by atoms with van der Waals surface area (Å²) in [6, 6.07) is 8.68. The molecule has 4 aliphatic rings. The highest BCUT2D eigenvalue weighted by Gasteiger charge is 2.61. The molecular weight excluding hydrogens is 442 g/mol. The molecule has 0 radical (unpaired) electrons. The minimum Gasteiger partial charge on any atom is -0.351 e. The topological polar surface area (TPSA) is 61.4 Å². The molecule has 0 unspecified atom stereocenters. The van der Waals surface area contributed by atoms with Gasteiger partial charge in [-0.2, -0.15) is 4.98 Å². The van der Waals surface area contributed by atoms with Gasteiger partial charge in [-0.3, -0.25) is 9.69 Å².